The van der Waals surface area contributed by atoms with Gasteiger partial charge in [-0.3, -0.25) is 4.98 Å². The summed E-state index contributed by atoms with van der Waals surface area (Å²) in [7, 11) is 1.59. The van der Waals surface area contributed by atoms with Crippen LogP contribution in [-0.4, -0.2) is 12.1 Å². The molecule has 0 spiro atoms. The maximum atomic E-state index is 6.07. The SMILES string of the molecule is CONCc1ccc(Cl)c2cccnc12. The van der Waals surface area contributed by atoms with Gasteiger partial charge < -0.3 is 4.84 Å². The zero-order chi connectivity index (χ0) is 10.7. The van der Waals surface area contributed by atoms with E-state index in [0.29, 0.717) is 6.54 Å². The summed E-state index contributed by atoms with van der Waals surface area (Å²) >= 11 is 6.07. The fourth-order valence-corrected chi connectivity index (χ4v) is 1.70. The lowest BCUT2D eigenvalue weighted by Crippen LogP contribution is -2.11. The number of nitrogens with one attached hydrogen (secondary N) is 1. The second-order valence-electron chi connectivity index (χ2n) is 3.13. The number of pyridine rings is 1. The summed E-state index contributed by atoms with van der Waals surface area (Å²) in [5.74, 6) is 0. The van der Waals surface area contributed by atoms with E-state index in [9.17, 15) is 0 Å². The van der Waals surface area contributed by atoms with Gasteiger partial charge in [0.25, 0.3) is 0 Å². The Morgan fingerprint density at radius 3 is 3.07 bits per heavy atom. The summed E-state index contributed by atoms with van der Waals surface area (Å²) < 4.78 is 0. The monoisotopic (exact) mass is 222 g/mol. The van der Waals surface area contributed by atoms with Gasteiger partial charge in [-0.2, -0.15) is 5.48 Å². The average molecular weight is 223 g/mol. The molecule has 0 fully saturated rings. The topological polar surface area (TPSA) is 34.1 Å². The summed E-state index contributed by atoms with van der Waals surface area (Å²) in [6, 6.07) is 7.66. The van der Waals surface area contributed by atoms with Crippen molar-refractivity contribution in [3.63, 3.8) is 0 Å². The van der Waals surface area contributed by atoms with Crippen molar-refractivity contribution in [1.82, 2.24) is 10.5 Å². The van der Waals surface area contributed by atoms with Crippen LogP contribution in [0.25, 0.3) is 10.9 Å². The largest absolute Gasteiger partial charge is 0.305 e. The molecule has 3 nitrogen and oxygen atoms in total. The molecule has 0 unspecified atom stereocenters. The Bertz CT molecular complexity index is 473. The van der Waals surface area contributed by atoms with Crippen molar-refractivity contribution in [1.29, 1.82) is 0 Å². The van der Waals surface area contributed by atoms with Crippen molar-refractivity contribution in [2.24, 2.45) is 0 Å². The third kappa shape index (κ3) is 2.09. The number of nitrogens with zero attached hydrogens (tertiary/aromatic N) is 1. The van der Waals surface area contributed by atoms with Crippen molar-refractivity contribution >= 4 is 22.5 Å². The number of rotatable bonds is 3. The van der Waals surface area contributed by atoms with E-state index in [1.807, 2.05) is 24.3 Å². The number of halogens is 1. The molecule has 0 bridgehead atoms. The van der Waals surface area contributed by atoms with Crippen molar-refractivity contribution in [2.75, 3.05) is 7.11 Å². The molecule has 0 amide bonds. The lowest BCUT2D eigenvalue weighted by Gasteiger charge is -2.06. The molecule has 1 heterocycles. The summed E-state index contributed by atoms with van der Waals surface area (Å²) in [4.78, 5) is 9.13. The van der Waals surface area contributed by atoms with Crippen LogP contribution in [0.1, 0.15) is 5.56 Å². The minimum absolute atomic E-state index is 0.612. The molecule has 0 atom stereocenters. The Morgan fingerprint density at radius 2 is 2.27 bits per heavy atom. The average Bonchev–Trinajstić information content (AvgIpc) is 2.29. The van der Waals surface area contributed by atoms with Gasteiger partial charge in [-0.05, 0) is 23.8 Å². The van der Waals surface area contributed by atoms with Gasteiger partial charge in [0.05, 0.1) is 12.6 Å². The quantitative estimate of drug-likeness (QED) is 0.811. The Balaban J connectivity index is 2.51. The molecule has 4 heteroatoms. The van der Waals surface area contributed by atoms with Crippen LogP contribution in [0.5, 0.6) is 0 Å². The normalized spacial score (nSPS) is 10.8. The molecule has 1 aromatic heterocycles. The van der Waals surface area contributed by atoms with Gasteiger partial charge in [0.15, 0.2) is 0 Å². The molecule has 78 valence electrons. The second kappa shape index (κ2) is 4.57. The van der Waals surface area contributed by atoms with Gasteiger partial charge >= 0.3 is 0 Å². The van der Waals surface area contributed by atoms with Gasteiger partial charge in [-0.15, -0.1) is 0 Å². The number of fused-ring (bicyclic) bond motifs is 1. The molecule has 0 saturated carbocycles. The number of benzene rings is 1. The van der Waals surface area contributed by atoms with E-state index >= 15 is 0 Å². The van der Waals surface area contributed by atoms with E-state index in [2.05, 4.69) is 10.5 Å². The molecule has 2 rings (SSSR count). The Hall–Kier alpha value is -1.16. The fourth-order valence-electron chi connectivity index (χ4n) is 1.49. The minimum Gasteiger partial charge on any atom is -0.305 e. The molecular formula is C11H11ClN2O. The zero-order valence-electron chi connectivity index (χ0n) is 8.33. The fraction of sp³-hybridized carbons (Fsp3) is 0.182. The molecule has 1 N–H and O–H groups in total. The van der Waals surface area contributed by atoms with Crippen LogP contribution in [-0.2, 0) is 11.4 Å². The van der Waals surface area contributed by atoms with E-state index in [1.54, 1.807) is 13.3 Å². The van der Waals surface area contributed by atoms with Crippen molar-refractivity contribution < 1.29 is 4.84 Å². The van der Waals surface area contributed by atoms with Crippen LogP contribution < -0.4 is 5.48 Å². The van der Waals surface area contributed by atoms with E-state index < -0.39 is 0 Å². The number of hydroxylamine groups is 1. The highest BCUT2D eigenvalue weighted by Crippen LogP contribution is 2.24. The van der Waals surface area contributed by atoms with Gasteiger partial charge in [-0.1, -0.05) is 17.7 Å². The standard InChI is InChI=1S/C11H11ClN2O/c1-15-14-7-8-4-5-10(12)9-3-2-6-13-11(8)9/h2-6,14H,7H2,1H3. The van der Waals surface area contributed by atoms with Crippen LogP contribution in [0, 0.1) is 0 Å². The van der Waals surface area contributed by atoms with Crippen molar-refractivity contribution in [3.8, 4) is 0 Å². The Labute approximate surface area is 93.0 Å². The Kier molecular flexibility index (Phi) is 3.16. The van der Waals surface area contributed by atoms with Gasteiger partial charge in [-0.25, -0.2) is 0 Å². The summed E-state index contributed by atoms with van der Waals surface area (Å²) in [6.07, 6.45) is 1.76. The molecule has 15 heavy (non-hydrogen) atoms. The molecule has 0 aliphatic carbocycles. The van der Waals surface area contributed by atoms with Gasteiger partial charge in [0, 0.05) is 23.2 Å². The summed E-state index contributed by atoms with van der Waals surface area (Å²) in [5.41, 5.74) is 4.77. The molecule has 0 saturated heterocycles. The first kappa shape index (κ1) is 10.4. The third-order valence-electron chi connectivity index (χ3n) is 2.21. The van der Waals surface area contributed by atoms with Crippen LogP contribution in [0.3, 0.4) is 0 Å². The van der Waals surface area contributed by atoms with Crippen LogP contribution in [0.2, 0.25) is 5.02 Å². The van der Waals surface area contributed by atoms with E-state index in [4.69, 9.17) is 16.4 Å². The van der Waals surface area contributed by atoms with Gasteiger partial charge in [0.2, 0.25) is 0 Å². The zero-order valence-corrected chi connectivity index (χ0v) is 9.08. The molecule has 1 aromatic carbocycles. The maximum absolute atomic E-state index is 6.07. The van der Waals surface area contributed by atoms with Crippen LogP contribution >= 0.6 is 11.6 Å². The summed E-state index contributed by atoms with van der Waals surface area (Å²) in [5, 5.41) is 1.69. The number of aromatic nitrogens is 1. The highest BCUT2D eigenvalue weighted by atomic mass is 35.5. The maximum Gasteiger partial charge on any atom is 0.0762 e. The predicted molar refractivity (Wildman–Crippen MR) is 60.6 cm³/mol. The smallest absolute Gasteiger partial charge is 0.0762 e. The molecule has 2 aromatic rings. The number of hydrogen-bond donors (Lipinski definition) is 1. The summed E-state index contributed by atoms with van der Waals surface area (Å²) in [6.45, 7) is 0.612. The van der Waals surface area contributed by atoms with E-state index in [0.717, 1.165) is 21.5 Å². The van der Waals surface area contributed by atoms with Crippen molar-refractivity contribution in [2.45, 2.75) is 6.54 Å². The van der Waals surface area contributed by atoms with Crippen molar-refractivity contribution in [3.05, 3.63) is 41.0 Å². The van der Waals surface area contributed by atoms with Crippen LogP contribution in [0.15, 0.2) is 30.5 Å². The highest BCUT2D eigenvalue weighted by Gasteiger charge is 2.04. The first-order chi connectivity index (χ1) is 7.33. The third-order valence-corrected chi connectivity index (χ3v) is 2.54. The van der Waals surface area contributed by atoms with Gasteiger partial charge in [0.1, 0.15) is 0 Å². The first-order valence-corrected chi connectivity index (χ1v) is 4.98. The highest BCUT2D eigenvalue weighted by molar-refractivity contribution is 6.35. The molecule has 0 radical (unpaired) electrons. The van der Waals surface area contributed by atoms with E-state index in [-0.39, 0.29) is 0 Å². The Morgan fingerprint density at radius 1 is 1.40 bits per heavy atom. The lowest BCUT2D eigenvalue weighted by atomic mass is 10.1. The first-order valence-electron chi connectivity index (χ1n) is 4.61. The lowest BCUT2D eigenvalue weighted by molar-refractivity contribution is 0.0870. The predicted octanol–water partition coefficient (Wildman–Crippen LogP) is 2.54. The van der Waals surface area contributed by atoms with Crippen LogP contribution in [0.4, 0.5) is 0 Å². The molecular weight excluding hydrogens is 212 g/mol. The second-order valence-corrected chi connectivity index (χ2v) is 3.54. The molecule has 0 aliphatic rings. The number of hydrogen-bond acceptors (Lipinski definition) is 3. The minimum atomic E-state index is 0.612. The van der Waals surface area contributed by atoms with E-state index in [1.165, 1.54) is 0 Å². The molecule has 0 aliphatic heterocycles.